The van der Waals surface area contributed by atoms with E-state index in [9.17, 15) is 0 Å². The molecule has 1 spiro atoms. The molecule has 0 atom stereocenters. The molecule has 2 heterocycles. The first-order chi connectivity index (χ1) is 12.7. The number of para-hydroxylation sites is 1. The third-order valence-electron chi connectivity index (χ3n) is 6.05. The van der Waals surface area contributed by atoms with Crippen LogP contribution in [0, 0.1) is 5.41 Å². The Hall–Kier alpha value is -2.11. The average molecular weight is 368 g/mol. The molecule has 3 aromatic rings. The van der Waals surface area contributed by atoms with Crippen LogP contribution in [0.25, 0.3) is 22.2 Å². The van der Waals surface area contributed by atoms with E-state index < -0.39 is 0 Å². The summed E-state index contributed by atoms with van der Waals surface area (Å²) >= 11 is 6.41. The van der Waals surface area contributed by atoms with Crippen molar-refractivity contribution in [1.29, 1.82) is 0 Å². The van der Waals surface area contributed by atoms with Gasteiger partial charge in [0, 0.05) is 34.7 Å². The number of nitrogens with one attached hydrogen (secondary N) is 3. The van der Waals surface area contributed by atoms with Gasteiger partial charge in [-0.25, -0.2) is 9.97 Å². The quantitative estimate of drug-likeness (QED) is 0.646. The SMILES string of the molecule is CNC1CC2(C1)CC(Nc1ncc(Cl)c(-c3c[nH]c4ccccc34)n1)C2. The molecular formula is C20H22ClN5. The maximum Gasteiger partial charge on any atom is 0.223 e. The van der Waals surface area contributed by atoms with Crippen LogP contribution in [-0.2, 0) is 0 Å². The van der Waals surface area contributed by atoms with Crippen LogP contribution in [0.5, 0.6) is 0 Å². The van der Waals surface area contributed by atoms with E-state index in [-0.39, 0.29) is 0 Å². The number of halogens is 1. The molecule has 5 rings (SSSR count). The van der Waals surface area contributed by atoms with Crippen molar-refractivity contribution in [3.05, 3.63) is 41.7 Å². The van der Waals surface area contributed by atoms with Crippen LogP contribution < -0.4 is 10.6 Å². The van der Waals surface area contributed by atoms with E-state index in [0.29, 0.717) is 28.5 Å². The molecule has 0 aliphatic heterocycles. The maximum atomic E-state index is 6.41. The van der Waals surface area contributed by atoms with Crippen molar-refractivity contribution in [2.75, 3.05) is 12.4 Å². The van der Waals surface area contributed by atoms with E-state index in [1.54, 1.807) is 6.20 Å². The Labute approximate surface area is 157 Å². The lowest BCUT2D eigenvalue weighted by Crippen LogP contribution is -2.57. The van der Waals surface area contributed by atoms with Gasteiger partial charge in [-0.2, -0.15) is 0 Å². The van der Waals surface area contributed by atoms with Crippen molar-refractivity contribution in [3.63, 3.8) is 0 Å². The monoisotopic (exact) mass is 367 g/mol. The third-order valence-corrected chi connectivity index (χ3v) is 6.32. The van der Waals surface area contributed by atoms with Gasteiger partial charge in [0.25, 0.3) is 0 Å². The molecule has 2 aliphatic carbocycles. The number of hydrogen-bond donors (Lipinski definition) is 3. The Morgan fingerprint density at radius 2 is 1.92 bits per heavy atom. The molecular weight excluding hydrogens is 346 g/mol. The Balaban J connectivity index is 1.35. The summed E-state index contributed by atoms with van der Waals surface area (Å²) in [6.45, 7) is 0. The number of fused-ring (bicyclic) bond motifs is 1. The number of hydrogen-bond acceptors (Lipinski definition) is 4. The molecule has 134 valence electrons. The van der Waals surface area contributed by atoms with Crippen LogP contribution in [0.3, 0.4) is 0 Å². The molecule has 5 nitrogen and oxygen atoms in total. The first kappa shape index (κ1) is 16.1. The molecule has 2 aliphatic rings. The summed E-state index contributed by atoms with van der Waals surface area (Å²) in [7, 11) is 2.06. The summed E-state index contributed by atoms with van der Waals surface area (Å²) < 4.78 is 0. The van der Waals surface area contributed by atoms with E-state index in [0.717, 1.165) is 22.2 Å². The number of anilines is 1. The fraction of sp³-hybridized carbons (Fsp3) is 0.400. The Morgan fingerprint density at radius 1 is 1.15 bits per heavy atom. The molecule has 0 amide bonds. The highest BCUT2D eigenvalue weighted by molar-refractivity contribution is 6.33. The van der Waals surface area contributed by atoms with Crippen LogP contribution in [0.2, 0.25) is 5.02 Å². The minimum atomic E-state index is 0.463. The van der Waals surface area contributed by atoms with Crippen LogP contribution in [0.1, 0.15) is 25.7 Å². The van der Waals surface area contributed by atoms with Gasteiger partial charge >= 0.3 is 0 Å². The second kappa shape index (κ2) is 5.96. The molecule has 3 N–H and O–H groups in total. The van der Waals surface area contributed by atoms with Crippen molar-refractivity contribution in [2.24, 2.45) is 5.41 Å². The minimum Gasteiger partial charge on any atom is -0.360 e. The van der Waals surface area contributed by atoms with Crippen LogP contribution in [-0.4, -0.2) is 34.1 Å². The molecule has 0 radical (unpaired) electrons. The van der Waals surface area contributed by atoms with Gasteiger partial charge in [-0.1, -0.05) is 29.8 Å². The van der Waals surface area contributed by atoms with Gasteiger partial charge in [-0.05, 0) is 44.2 Å². The predicted molar refractivity (Wildman–Crippen MR) is 105 cm³/mol. The third kappa shape index (κ3) is 2.58. The van der Waals surface area contributed by atoms with Gasteiger partial charge in [0.15, 0.2) is 0 Å². The smallest absolute Gasteiger partial charge is 0.223 e. The molecule has 26 heavy (non-hydrogen) atoms. The number of nitrogens with zero attached hydrogens (tertiary/aromatic N) is 2. The van der Waals surface area contributed by atoms with Crippen LogP contribution >= 0.6 is 11.6 Å². The lowest BCUT2D eigenvalue weighted by atomic mass is 9.52. The van der Waals surface area contributed by atoms with E-state index in [2.05, 4.69) is 39.8 Å². The number of H-pyrrole nitrogens is 1. The van der Waals surface area contributed by atoms with E-state index >= 15 is 0 Å². The maximum absolute atomic E-state index is 6.41. The topological polar surface area (TPSA) is 65.6 Å². The fourth-order valence-electron chi connectivity index (χ4n) is 4.69. The first-order valence-electron chi connectivity index (χ1n) is 9.19. The Kier molecular flexibility index (Phi) is 3.69. The fourth-order valence-corrected chi connectivity index (χ4v) is 4.88. The lowest BCUT2D eigenvalue weighted by Gasteiger charge is -2.57. The van der Waals surface area contributed by atoms with Gasteiger partial charge in [0.05, 0.1) is 16.9 Å². The zero-order chi connectivity index (χ0) is 17.7. The highest BCUT2D eigenvalue weighted by Crippen LogP contribution is 2.56. The standard InChI is InChI=1S/C20H22ClN5/c1-22-12-6-20(7-12)8-13(9-20)25-19-24-11-16(21)18(26-19)15-10-23-17-5-3-2-4-14(15)17/h2-5,10-13,22-23H,6-9H2,1H3,(H,24,25,26). The van der Waals surface area contributed by atoms with Crippen molar-refractivity contribution >= 4 is 28.5 Å². The summed E-state index contributed by atoms with van der Waals surface area (Å²) in [4.78, 5) is 12.4. The van der Waals surface area contributed by atoms with Gasteiger partial charge < -0.3 is 15.6 Å². The number of aromatic amines is 1. The molecule has 0 bridgehead atoms. The minimum absolute atomic E-state index is 0.463. The summed E-state index contributed by atoms with van der Waals surface area (Å²) in [5.74, 6) is 0.666. The summed E-state index contributed by atoms with van der Waals surface area (Å²) in [5.41, 5.74) is 3.42. The number of aromatic nitrogens is 3. The molecule has 2 fully saturated rings. The van der Waals surface area contributed by atoms with Crippen molar-refractivity contribution < 1.29 is 0 Å². The zero-order valence-electron chi connectivity index (χ0n) is 14.7. The van der Waals surface area contributed by atoms with Crippen molar-refractivity contribution in [2.45, 2.75) is 37.8 Å². The number of rotatable bonds is 4. The summed E-state index contributed by atoms with van der Waals surface area (Å²) in [6.07, 6.45) is 8.67. The predicted octanol–water partition coefficient (Wildman–Crippen LogP) is 4.22. The zero-order valence-corrected chi connectivity index (χ0v) is 15.5. The molecule has 6 heteroatoms. The highest BCUT2D eigenvalue weighted by Gasteiger charge is 2.52. The summed E-state index contributed by atoms with van der Waals surface area (Å²) in [5, 5.41) is 8.56. The van der Waals surface area contributed by atoms with Crippen molar-refractivity contribution in [3.8, 4) is 11.3 Å². The normalized spacial score (nSPS) is 27.3. The Bertz CT molecular complexity index is 952. The summed E-state index contributed by atoms with van der Waals surface area (Å²) in [6, 6.07) is 9.34. The van der Waals surface area contributed by atoms with Crippen molar-refractivity contribution in [1.82, 2.24) is 20.3 Å². The van der Waals surface area contributed by atoms with Gasteiger partial charge in [0.1, 0.15) is 0 Å². The van der Waals surface area contributed by atoms with Crippen LogP contribution in [0.4, 0.5) is 5.95 Å². The van der Waals surface area contributed by atoms with Gasteiger partial charge in [-0.3, -0.25) is 0 Å². The van der Waals surface area contributed by atoms with E-state index in [4.69, 9.17) is 16.6 Å². The van der Waals surface area contributed by atoms with Gasteiger partial charge in [-0.15, -0.1) is 0 Å². The molecule has 0 unspecified atom stereocenters. The first-order valence-corrected chi connectivity index (χ1v) is 9.56. The Morgan fingerprint density at radius 3 is 2.73 bits per heavy atom. The second-order valence-corrected chi connectivity index (χ2v) is 8.19. The lowest BCUT2D eigenvalue weighted by molar-refractivity contribution is -0.00956. The van der Waals surface area contributed by atoms with Crippen LogP contribution in [0.15, 0.2) is 36.7 Å². The average Bonchev–Trinajstić information content (AvgIpc) is 3.01. The van der Waals surface area contributed by atoms with E-state index in [1.165, 1.54) is 25.7 Å². The highest BCUT2D eigenvalue weighted by atomic mass is 35.5. The molecule has 1 aromatic carbocycles. The largest absolute Gasteiger partial charge is 0.360 e. The van der Waals surface area contributed by atoms with Gasteiger partial charge in [0.2, 0.25) is 5.95 Å². The molecule has 2 aromatic heterocycles. The molecule has 0 saturated heterocycles. The second-order valence-electron chi connectivity index (χ2n) is 7.78. The number of benzene rings is 1. The molecule has 2 saturated carbocycles. The van der Waals surface area contributed by atoms with E-state index in [1.807, 2.05) is 18.3 Å².